The molecule has 0 amide bonds. The maximum atomic E-state index is 7.39. The first-order chi connectivity index (χ1) is 25.2. The largest absolute Gasteiger partial charge is 0.238 e. The van der Waals surface area contributed by atoms with Crippen molar-refractivity contribution in [3.8, 4) is 22.3 Å². The lowest BCUT2D eigenvalue weighted by molar-refractivity contribution is 1.62. The van der Waals surface area contributed by atoms with E-state index in [2.05, 4.69) is 157 Å². The van der Waals surface area contributed by atoms with Crippen molar-refractivity contribution in [1.82, 2.24) is 0 Å². The Labute approximate surface area is 298 Å². The molecule has 10 aromatic carbocycles. The molecule has 0 aliphatic carbocycles. The molecule has 0 saturated heterocycles. The monoisotopic (exact) mass is 661 g/mol. The molecule has 11 aromatic rings. The number of hydrogen-bond donors (Lipinski definition) is 0. The zero-order valence-electron chi connectivity index (χ0n) is 27.4. The number of hydrogen-bond acceptors (Lipinski definition) is 1. The lowest BCUT2D eigenvalue weighted by atomic mass is 9.90. The van der Waals surface area contributed by atoms with Crippen LogP contribution in [0, 0.1) is 6.57 Å². The van der Waals surface area contributed by atoms with Crippen LogP contribution in [0.5, 0.6) is 0 Å². The van der Waals surface area contributed by atoms with Gasteiger partial charge in [-0.1, -0.05) is 133 Å². The fraction of sp³-hybridized carbons (Fsp3) is 0. The van der Waals surface area contributed by atoms with Gasteiger partial charge >= 0.3 is 0 Å². The third kappa shape index (κ3) is 4.20. The molecule has 0 atom stereocenters. The summed E-state index contributed by atoms with van der Waals surface area (Å²) in [4.78, 5) is 3.61. The molecule has 0 unspecified atom stereocenters. The Bertz CT molecular complexity index is 3320. The molecule has 1 nitrogen and oxygen atoms in total. The molecule has 1 aromatic heterocycles. The molecule has 0 aliphatic rings. The van der Waals surface area contributed by atoms with Crippen molar-refractivity contribution in [2.45, 2.75) is 0 Å². The first kappa shape index (κ1) is 28.3. The molecule has 0 radical (unpaired) electrons. The highest BCUT2D eigenvalue weighted by Crippen LogP contribution is 2.46. The smallest absolute Gasteiger partial charge is 0.187 e. The predicted molar refractivity (Wildman–Crippen MR) is 222 cm³/mol. The molecule has 0 saturated carbocycles. The lowest BCUT2D eigenvalue weighted by Gasteiger charge is -2.14. The molecular formula is C49H27NS. The van der Waals surface area contributed by atoms with E-state index in [0.717, 1.165) is 5.39 Å². The molecule has 0 bridgehead atoms. The number of benzene rings is 10. The summed E-state index contributed by atoms with van der Waals surface area (Å²) in [5.74, 6) is 0. The summed E-state index contributed by atoms with van der Waals surface area (Å²) in [6.45, 7) is 7.39. The minimum absolute atomic E-state index is 0.673. The van der Waals surface area contributed by atoms with E-state index < -0.39 is 0 Å². The average molecular weight is 662 g/mol. The summed E-state index contributed by atoms with van der Waals surface area (Å²) < 4.78 is 2.70. The van der Waals surface area contributed by atoms with E-state index in [9.17, 15) is 0 Å². The van der Waals surface area contributed by atoms with Gasteiger partial charge in [-0.05, 0) is 112 Å². The van der Waals surface area contributed by atoms with Crippen molar-refractivity contribution < 1.29 is 0 Å². The topological polar surface area (TPSA) is 4.36 Å². The van der Waals surface area contributed by atoms with Crippen molar-refractivity contribution >= 4 is 102 Å². The van der Waals surface area contributed by atoms with Crippen LogP contribution in [-0.2, 0) is 0 Å². The summed E-state index contributed by atoms with van der Waals surface area (Å²) >= 11 is 1.92. The third-order valence-electron chi connectivity index (χ3n) is 10.8. The van der Waals surface area contributed by atoms with Crippen molar-refractivity contribution in [3.05, 3.63) is 175 Å². The van der Waals surface area contributed by atoms with Crippen LogP contribution in [-0.4, -0.2) is 0 Å². The quantitative estimate of drug-likeness (QED) is 0.128. The maximum absolute atomic E-state index is 7.39. The molecule has 51 heavy (non-hydrogen) atoms. The van der Waals surface area contributed by atoms with Crippen molar-refractivity contribution in [2.75, 3.05) is 0 Å². The third-order valence-corrected chi connectivity index (χ3v) is 12.0. The molecule has 0 aliphatic heterocycles. The Morgan fingerprint density at radius 1 is 0.353 bits per heavy atom. The van der Waals surface area contributed by atoms with Crippen LogP contribution in [0.15, 0.2) is 164 Å². The predicted octanol–water partition coefficient (Wildman–Crippen LogP) is 14.9. The van der Waals surface area contributed by atoms with Crippen LogP contribution >= 0.6 is 11.3 Å². The zero-order valence-corrected chi connectivity index (χ0v) is 28.3. The second-order valence-electron chi connectivity index (χ2n) is 13.5. The molecule has 1 heterocycles. The van der Waals surface area contributed by atoms with Gasteiger partial charge in [-0.15, -0.1) is 11.3 Å². The highest BCUT2D eigenvalue weighted by atomic mass is 32.1. The van der Waals surface area contributed by atoms with Gasteiger partial charge in [0.25, 0.3) is 0 Å². The Morgan fingerprint density at radius 3 is 1.75 bits per heavy atom. The van der Waals surface area contributed by atoms with Crippen LogP contribution in [0.1, 0.15) is 0 Å². The Morgan fingerprint density at radius 2 is 0.941 bits per heavy atom. The van der Waals surface area contributed by atoms with Crippen LogP contribution in [0.2, 0.25) is 0 Å². The number of nitrogens with zero attached hydrogens (tertiary/aromatic N) is 1. The molecule has 11 rings (SSSR count). The fourth-order valence-electron chi connectivity index (χ4n) is 8.41. The van der Waals surface area contributed by atoms with Crippen molar-refractivity contribution in [1.29, 1.82) is 0 Å². The standard InChI is InChI=1S/C49H27NS/c1-50-36-18-21-38-35(27-36)14-13-34-26-32(15-19-37(34)38)30-8-6-9-31(25-30)33-16-20-43-45(28-33)41-12-5-4-11-40(41)42-22-23-44-47-39-10-3-2-7-29(39)17-24-46(47)51-49(44)48(42)43/h2-28H. The number of fused-ring (bicyclic) bond motifs is 15. The highest BCUT2D eigenvalue weighted by Gasteiger charge is 2.17. The molecule has 0 fully saturated rings. The van der Waals surface area contributed by atoms with Gasteiger partial charge < -0.3 is 0 Å². The summed E-state index contributed by atoms with van der Waals surface area (Å²) in [5, 5.41) is 17.8. The Kier molecular flexibility index (Phi) is 5.96. The van der Waals surface area contributed by atoms with Gasteiger partial charge in [-0.2, -0.15) is 0 Å². The van der Waals surface area contributed by atoms with E-state index in [-0.39, 0.29) is 0 Å². The van der Waals surface area contributed by atoms with Gasteiger partial charge in [0.2, 0.25) is 0 Å². The molecule has 0 N–H and O–H groups in total. The van der Waals surface area contributed by atoms with Gasteiger partial charge in [0.05, 0.1) is 6.57 Å². The Balaban J connectivity index is 1.10. The molecule has 2 heteroatoms. The van der Waals surface area contributed by atoms with Crippen LogP contribution in [0.3, 0.4) is 0 Å². The second kappa shape index (κ2) is 10.7. The van der Waals surface area contributed by atoms with E-state index in [0.29, 0.717) is 5.69 Å². The SMILES string of the molecule is [C-]#[N+]c1ccc2c(ccc3cc(-c4cccc(-c5ccc6c(c5)c5ccccc5c5ccc7c(sc8ccc9ccccc9c87)c56)c4)ccc32)c1. The lowest BCUT2D eigenvalue weighted by Crippen LogP contribution is -1.86. The average Bonchev–Trinajstić information content (AvgIpc) is 3.60. The summed E-state index contributed by atoms with van der Waals surface area (Å²) in [5.41, 5.74) is 5.48. The maximum Gasteiger partial charge on any atom is 0.187 e. The minimum Gasteiger partial charge on any atom is -0.238 e. The first-order valence-corrected chi connectivity index (χ1v) is 18.1. The molecule has 234 valence electrons. The van der Waals surface area contributed by atoms with E-state index >= 15 is 0 Å². The normalized spacial score (nSPS) is 11.9. The van der Waals surface area contributed by atoms with E-state index in [4.69, 9.17) is 6.57 Å². The number of rotatable bonds is 2. The van der Waals surface area contributed by atoms with Crippen molar-refractivity contribution in [2.24, 2.45) is 0 Å². The summed E-state index contributed by atoms with van der Waals surface area (Å²) in [6, 6.07) is 59.9. The summed E-state index contributed by atoms with van der Waals surface area (Å²) in [7, 11) is 0. The van der Waals surface area contributed by atoms with Crippen LogP contribution in [0.4, 0.5) is 5.69 Å². The first-order valence-electron chi connectivity index (χ1n) is 17.3. The molecular weight excluding hydrogens is 635 g/mol. The minimum atomic E-state index is 0.673. The van der Waals surface area contributed by atoms with Crippen LogP contribution in [0.25, 0.3) is 112 Å². The molecule has 0 spiro atoms. The van der Waals surface area contributed by atoms with E-state index in [1.54, 1.807) is 0 Å². The van der Waals surface area contributed by atoms with E-state index in [1.807, 2.05) is 23.5 Å². The van der Waals surface area contributed by atoms with Crippen LogP contribution < -0.4 is 0 Å². The summed E-state index contributed by atoms with van der Waals surface area (Å²) in [6.07, 6.45) is 0. The van der Waals surface area contributed by atoms with Gasteiger partial charge in [0.15, 0.2) is 5.69 Å². The highest BCUT2D eigenvalue weighted by molar-refractivity contribution is 7.27. The van der Waals surface area contributed by atoms with Gasteiger partial charge in [0, 0.05) is 25.6 Å². The zero-order chi connectivity index (χ0) is 33.6. The van der Waals surface area contributed by atoms with Gasteiger partial charge in [-0.3, -0.25) is 0 Å². The Hall–Kier alpha value is -6.53. The fourth-order valence-corrected chi connectivity index (χ4v) is 9.69. The second-order valence-corrected chi connectivity index (χ2v) is 14.6. The number of thiophene rings is 1. The van der Waals surface area contributed by atoms with Crippen molar-refractivity contribution in [3.63, 3.8) is 0 Å². The van der Waals surface area contributed by atoms with Gasteiger partial charge in [-0.25, -0.2) is 4.85 Å². The van der Waals surface area contributed by atoms with E-state index in [1.165, 1.54) is 102 Å². The van der Waals surface area contributed by atoms with Gasteiger partial charge in [0.1, 0.15) is 0 Å².